The van der Waals surface area contributed by atoms with Crippen LogP contribution in [0.4, 0.5) is 0 Å². The van der Waals surface area contributed by atoms with Crippen molar-refractivity contribution in [2.45, 2.75) is 83.8 Å². The molecule has 0 bridgehead atoms. The molecule has 1 aromatic rings. The summed E-state index contributed by atoms with van der Waals surface area (Å²) in [5.41, 5.74) is 1.20. The van der Waals surface area contributed by atoms with Gasteiger partial charge in [0.25, 0.3) is 0 Å². The van der Waals surface area contributed by atoms with E-state index in [1.165, 1.54) is 38.5 Å². The van der Waals surface area contributed by atoms with Crippen LogP contribution in [0.3, 0.4) is 0 Å². The highest BCUT2D eigenvalue weighted by atomic mass is 16.5. The highest BCUT2D eigenvalue weighted by Crippen LogP contribution is 2.66. The van der Waals surface area contributed by atoms with Gasteiger partial charge in [-0.3, -0.25) is 0 Å². The van der Waals surface area contributed by atoms with Crippen LogP contribution in [0.5, 0.6) is 0 Å². The van der Waals surface area contributed by atoms with E-state index in [4.69, 9.17) is 4.74 Å². The second kappa shape index (κ2) is 7.11. The maximum atomic E-state index is 12.7. The van der Waals surface area contributed by atoms with Crippen molar-refractivity contribution in [2.75, 3.05) is 0 Å². The van der Waals surface area contributed by atoms with Gasteiger partial charge < -0.3 is 9.84 Å². The monoisotopic (exact) mass is 396 g/mol. The normalized spacial score (nSPS) is 46.3. The number of rotatable bonds is 2. The van der Waals surface area contributed by atoms with E-state index in [0.717, 1.165) is 31.1 Å². The minimum absolute atomic E-state index is 0.0554. The number of esters is 1. The number of benzene rings is 1. The van der Waals surface area contributed by atoms with Crippen LogP contribution in [0.2, 0.25) is 0 Å². The van der Waals surface area contributed by atoms with Gasteiger partial charge in [-0.05, 0) is 99.0 Å². The van der Waals surface area contributed by atoms with Crippen LogP contribution in [0.15, 0.2) is 30.3 Å². The Hall–Kier alpha value is -1.35. The third-order valence-electron chi connectivity index (χ3n) is 9.81. The van der Waals surface area contributed by atoms with Crippen LogP contribution in [-0.2, 0) is 4.74 Å². The second-order valence-electron chi connectivity index (χ2n) is 11.0. The Balaban J connectivity index is 1.34. The van der Waals surface area contributed by atoms with Crippen molar-refractivity contribution in [2.24, 2.45) is 34.5 Å². The summed E-state index contributed by atoms with van der Waals surface area (Å²) in [6.45, 7) is 4.94. The second-order valence-corrected chi connectivity index (χ2v) is 11.0. The van der Waals surface area contributed by atoms with Gasteiger partial charge >= 0.3 is 5.97 Å². The van der Waals surface area contributed by atoms with E-state index in [1.807, 2.05) is 30.3 Å². The predicted molar refractivity (Wildman–Crippen MR) is 113 cm³/mol. The molecule has 4 fully saturated rings. The maximum absolute atomic E-state index is 12.7. The molecule has 29 heavy (non-hydrogen) atoms. The van der Waals surface area contributed by atoms with Crippen molar-refractivity contribution in [1.29, 1.82) is 0 Å². The molecule has 0 radical (unpaired) electrons. The molecule has 3 heteroatoms. The first-order valence-electron chi connectivity index (χ1n) is 11.9. The molecular weight excluding hydrogens is 360 g/mol. The number of aliphatic hydroxyl groups is 1. The van der Waals surface area contributed by atoms with Crippen LogP contribution < -0.4 is 0 Å². The van der Waals surface area contributed by atoms with Crippen LogP contribution in [-0.4, -0.2) is 23.3 Å². The molecule has 5 rings (SSSR count). The van der Waals surface area contributed by atoms with Gasteiger partial charge in [0, 0.05) is 5.41 Å². The van der Waals surface area contributed by atoms with Crippen molar-refractivity contribution >= 4 is 5.97 Å². The minimum atomic E-state index is -0.156. The number of ether oxygens (including phenoxy) is 1. The van der Waals surface area contributed by atoms with Crippen molar-refractivity contribution in [3.8, 4) is 0 Å². The van der Waals surface area contributed by atoms with E-state index < -0.39 is 0 Å². The molecule has 3 nitrogen and oxygen atoms in total. The molecule has 1 N–H and O–H groups in total. The van der Waals surface area contributed by atoms with Gasteiger partial charge in [-0.25, -0.2) is 4.79 Å². The van der Waals surface area contributed by atoms with Crippen molar-refractivity contribution in [3.63, 3.8) is 0 Å². The Morgan fingerprint density at radius 2 is 1.66 bits per heavy atom. The van der Waals surface area contributed by atoms with Gasteiger partial charge in [0.15, 0.2) is 0 Å². The van der Waals surface area contributed by atoms with E-state index in [2.05, 4.69) is 13.8 Å². The van der Waals surface area contributed by atoms with E-state index in [1.54, 1.807) is 0 Å². The molecular formula is C26H36O3. The fourth-order valence-electron chi connectivity index (χ4n) is 8.15. The zero-order chi connectivity index (χ0) is 20.2. The summed E-state index contributed by atoms with van der Waals surface area (Å²) in [5, 5.41) is 10.2. The molecule has 158 valence electrons. The molecule has 0 unspecified atom stereocenters. The summed E-state index contributed by atoms with van der Waals surface area (Å²) < 4.78 is 6.12. The van der Waals surface area contributed by atoms with Crippen LogP contribution in [0, 0.1) is 34.5 Å². The van der Waals surface area contributed by atoms with Gasteiger partial charge in [0.05, 0.1) is 11.7 Å². The largest absolute Gasteiger partial charge is 0.458 e. The molecule has 0 saturated heterocycles. The predicted octanol–water partition coefficient (Wildman–Crippen LogP) is 5.62. The minimum Gasteiger partial charge on any atom is -0.458 e. The number of carbonyl (C=O) groups excluding carboxylic acids is 1. The molecule has 4 saturated carbocycles. The lowest BCUT2D eigenvalue weighted by molar-refractivity contribution is -0.134. The zero-order valence-corrected chi connectivity index (χ0v) is 18.0. The van der Waals surface area contributed by atoms with Crippen LogP contribution in [0.25, 0.3) is 0 Å². The first kappa shape index (κ1) is 19.6. The quantitative estimate of drug-likeness (QED) is 0.660. The van der Waals surface area contributed by atoms with Gasteiger partial charge in [-0.1, -0.05) is 32.0 Å². The Morgan fingerprint density at radius 3 is 2.45 bits per heavy atom. The van der Waals surface area contributed by atoms with Gasteiger partial charge in [0.1, 0.15) is 6.10 Å². The fraction of sp³-hybridized carbons (Fsp3) is 0.731. The molecule has 0 aromatic heterocycles. The van der Waals surface area contributed by atoms with Crippen molar-refractivity contribution in [1.82, 2.24) is 0 Å². The molecule has 0 heterocycles. The highest BCUT2D eigenvalue weighted by molar-refractivity contribution is 5.89. The Bertz CT molecular complexity index is 760. The lowest BCUT2D eigenvalue weighted by Gasteiger charge is -2.60. The summed E-state index contributed by atoms with van der Waals surface area (Å²) in [5.74, 6) is 2.78. The number of fused-ring (bicyclic) bond motifs is 5. The summed E-state index contributed by atoms with van der Waals surface area (Å²) in [7, 11) is 0. The number of hydrogen-bond acceptors (Lipinski definition) is 3. The first-order valence-corrected chi connectivity index (χ1v) is 11.9. The lowest BCUT2D eigenvalue weighted by Crippen LogP contribution is -2.54. The Kier molecular flexibility index (Phi) is 4.81. The lowest BCUT2D eigenvalue weighted by atomic mass is 9.45. The van der Waals surface area contributed by atoms with Crippen LogP contribution in [0.1, 0.15) is 82.0 Å². The Morgan fingerprint density at radius 1 is 0.931 bits per heavy atom. The van der Waals surface area contributed by atoms with Crippen LogP contribution >= 0.6 is 0 Å². The number of aliphatic hydroxyl groups excluding tert-OH is 1. The van der Waals surface area contributed by atoms with Gasteiger partial charge in [-0.15, -0.1) is 0 Å². The molecule has 4 aliphatic rings. The topological polar surface area (TPSA) is 46.5 Å². The third kappa shape index (κ3) is 3.07. The molecule has 4 aliphatic carbocycles. The number of carbonyl (C=O) groups is 1. The van der Waals surface area contributed by atoms with E-state index in [-0.39, 0.29) is 23.6 Å². The zero-order valence-electron chi connectivity index (χ0n) is 18.0. The van der Waals surface area contributed by atoms with E-state index in [9.17, 15) is 9.90 Å². The van der Waals surface area contributed by atoms with Gasteiger partial charge in [-0.2, -0.15) is 0 Å². The van der Waals surface area contributed by atoms with Crippen molar-refractivity contribution in [3.05, 3.63) is 35.9 Å². The average Bonchev–Trinajstić information content (AvgIpc) is 3.05. The standard InChI is InChI=1S/C26H36O3/c1-25-14-12-19(27)16-18(25)8-9-20-21-10-11-23(26(21,2)15-13-22(20)25)29-24(28)17-6-4-3-5-7-17/h3-7,18-23,27H,8-16H2,1-2H3/t18-,19-,20+,21+,22-,23-,25-,26+/m0/s1. The highest BCUT2D eigenvalue weighted by Gasteiger charge is 2.61. The third-order valence-corrected chi connectivity index (χ3v) is 9.81. The molecule has 0 aliphatic heterocycles. The summed E-state index contributed by atoms with van der Waals surface area (Å²) >= 11 is 0. The summed E-state index contributed by atoms with van der Waals surface area (Å²) in [6.07, 6.45) is 10.4. The SMILES string of the molecule is C[C@@]12CC[C@H]3[C@H](CC[C@H]4C[C@@H](O)CC[C@@]43C)[C@H]1CC[C@@H]2OC(=O)c1ccccc1. The fourth-order valence-corrected chi connectivity index (χ4v) is 8.15. The average molecular weight is 397 g/mol. The first-order chi connectivity index (χ1) is 13.9. The van der Waals surface area contributed by atoms with Crippen molar-refractivity contribution < 1.29 is 14.6 Å². The molecule has 0 amide bonds. The number of hydrogen-bond donors (Lipinski definition) is 1. The van der Waals surface area contributed by atoms with Gasteiger partial charge in [0.2, 0.25) is 0 Å². The van der Waals surface area contributed by atoms with E-state index in [0.29, 0.717) is 22.8 Å². The molecule has 0 spiro atoms. The molecule has 1 aromatic carbocycles. The van der Waals surface area contributed by atoms with E-state index >= 15 is 0 Å². The summed E-state index contributed by atoms with van der Waals surface area (Å²) in [6, 6.07) is 9.45. The summed E-state index contributed by atoms with van der Waals surface area (Å²) in [4.78, 5) is 12.7. The maximum Gasteiger partial charge on any atom is 0.338 e. The smallest absolute Gasteiger partial charge is 0.338 e. The molecule has 8 atom stereocenters. The Labute approximate surface area is 175 Å².